The normalized spacial score (nSPS) is 11.0. The molecule has 0 aromatic carbocycles. The van der Waals surface area contributed by atoms with Crippen molar-refractivity contribution in [3.05, 3.63) is 42.4 Å². The number of hydrogen-bond donors (Lipinski definition) is 1. The van der Waals surface area contributed by atoms with Crippen LogP contribution in [0.4, 0.5) is 5.82 Å². The van der Waals surface area contributed by atoms with E-state index in [1.807, 2.05) is 22.7 Å². The average molecular weight is 253 g/mol. The number of nitrogen functional groups attached to an aromatic ring is 1. The van der Waals surface area contributed by atoms with E-state index in [2.05, 4.69) is 22.0 Å². The fourth-order valence-electron chi connectivity index (χ4n) is 2.20. The van der Waals surface area contributed by atoms with Crippen molar-refractivity contribution in [1.29, 1.82) is 0 Å². The number of hydrogen-bond acceptors (Lipinski definition) is 4. The number of fused-ring (bicyclic) bond motifs is 1. The molecule has 0 saturated carbocycles. The van der Waals surface area contributed by atoms with E-state index in [9.17, 15) is 0 Å². The highest BCUT2D eigenvalue weighted by Gasteiger charge is 2.14. The summed E-state index contributed by atoms with van der Waals surface area (Å²) in [7, 11) is 0. The zero-order chi connectivity index (χ0) is 13.2. The molecule has 0 bridgehead atoms. The second kappa shape index (κ2) is 4.68. The van der Waals surface area contributed by atoms with E-state index in [4.69, 9.17) is 5.73 Å². The first-order valence-electron chi connectivity index (χ1n) is 6.34. The number of pyridine rings is 1. The van der Waals surface area contributed by atoms with Crippen LogP contribution in [0.15, 0.2) is 36.7 Å². The van der Waals surface area contributed by atoms with Crippen molar-refractivity contribution >= 4 is 11.5 Å². The number of rotatable bonds is 3. The molecule has 2 N–H and O–H groups in total. The first-order chi connectivity index (χ1) is 9.29. The SMILES string of the molecule is CCCc1nc2ccc(N)nn2c1-c1ccncc1. The molecule has 3 aromatic rings. The predicted octanol–water partition coefficient (Wildman–Crippen LogP) is 2.33. The van der Waals surface area contributed by atoms with E-state index in [0.29, 0.717) is 5.82 Å². The van der Waals surface area contributed by atoms with E-state index >= 15 is 0 Å². The van der Waals surface area contributed by atoms with Gasteiger partial charge < -0.3 is 5.73 Å². The largest absolute Gasteiger partial charge is 0.382 e. The van der Waals surface area contributed by atoms with Crippen LogP contribution in [0.5, 0.6) is 0 Å². The molecule has 5 heteroatoms. The van der Waals surface area contributed by atoms with E-state index in [1.165, 1.54) is 0 Å². The quantitative estimate of drug-likeness (QED) is 0.777. The van der Waals surface area contributed by atoms with Crippen molar-refractivity contribution in [3.63, 3.8) is 0 Å². The molecule has 0 aliphatic heterocycles. The third-order valence-electron chi connectivity index (χ3n) is 3.01. The molecule has 0 spiro atoms. The summed E-state index contributed by atoms with van der Waals surface area (Å²) in [6.45, 7) is 2.14. The van der Waals surface area contributed by atoms with Gasteiger partial charge >= 0.3 is 0 Å². The van der Waals surface area contributed by atoms with Crippen molar-refractivity contribution in [3.8, 4) is 11.3 Å². The lowest BCUT2D eigenvalue weighted by Gasteiger charge is -2.04. The summed E-state index contributed by atoms with van der Waals surface area (Å²) >= 11 is 0. The third kappa shape index (κ3) is 2.03. The molecular weight excluding hydrogens is 238 g/mol. The summed E-state index contributed by atoms with van der Waals surface area (Å²) in [6.07, 6.45) is 5.51. The molecule has 3 heterocycles. The van der Waals surface area contributed by atoms with Gasteiger partial charge in [-0.15, -0.1) is 5.10 Å². The van der Waals surface area contributed by atoms with E-state index in [-0.39, 0.29) is 0 Å². The molecule has 3 rings (SSSR count). The lowest BCUT2D eigenvalue weighted by Crippen LogP contribution is -1.99. The summed E-state index contributed by atoms with van der Waals surface area (Å²) in [5.74, 6) is 0.489. The Morgan fingerprint density at radius 3 is 2.68 bits per heavy atom. The van der Waals surface area contributed by atoms with Crippen LogP contribution < -0.4 is 5.73 Å². The van der Waals surface area contributed by atoms with Crippen LogP contribution in [0.1, 0.15) is 19.0 Å². The van der Waals surface area contributed by atoms with E-state index < -0.39 is 0 Å². The highest BCUT2D eigenvalue weighted by atomic mass is 15.3. The lowest BCUT2D eigenvalue weighted by molar-refractivity contribution is 0.891. The monoisotopic (exact) mass is 253 g/mol. The van der Waals surface area contributed by atoms with Crippen molar-refractivity contribution < 1.29 is 0 Å². The summed E-state index contributed by atoms with van der Waals surface area (Å²) in [4.78, 5) is 8.70. The Morgan fingerprint density at radius 1 is 1.16 bits per heavy atom. The predicted molar refractivity (Wildman–Crippen MR) is 74.6 cm³/mol. The summed E-state index contributed by atoms with van der Waals surface area (Å²) in [5, 5.41) is 4.37. The maximum absolute atomic E-state index is 5.78. The van der Waals surface area contributed by atoms with E-state index in [1.54, 1.807) is 18.5 Å². The molecule has 0 aliphatic rings. The molecule has 19 heavy (non-hydrogen) atoms. The Hall–Kier alpha value is -2.43. The number of nitrogens with zero attached hydrogens (tertiary/aromatic N) is 4. The minimum atomic E-state index is 0.489. The van der Waals surface area contributed by atoms with Gasteiger partial charge in [0.1, 0.15) is 5.82 Å². The van der Waals surface area contributed by atoms with Crippen LogP contribution in [0, 0.1) is 0 Å². The van der Waals surface area contributed by atoms with Crippen molar-refractivity contribution in [2.24, 2.45) is 0 Å². The topological polar surface area (TPSA) is 69.1 Å². The molecule has 3 aromatic heterocycles. The minimum absolute atomic E-state index is 0.489. The van der Waals surface area contributed by atoms with Crippen LogP contribution in [-0.2, 0) is 6.42 Å². The molecule has 0 radical (unpaired) electrons. The van der Waals surface area contributed by atoms with Crippen LogP contribution in [-0.4, -0.2) is 19.6 Å². The zero-order valence-corrected chi connectivity index (χ0v) is 10.7. The highest BCUT2D eigenvalue weighted by molar-refractivity contribution is 5.66. The third-order valence-corrected chi connectivity index (χ3v) is 3.01. The highest BCUT2D eigenvalue weighted by Crippen LogP contribution is 2.25. The van der Waals surface area contributed by atoms with Gasteiger partial charge in [-0.3, -0.25) is 4.98 Å². The van der Waals surface area contributed by atoms with Crippen LogP contribution in [0.2, 0.25) is 0 Å². The first-order valence-corrected chi connectivity index (χ1v) is 6.34. The molecular formula is C14H15N5. The number of imidazole rings is 1. The number of aromatic nitrogens is 4. The molecule has 0 unspecified atom stereocenters. The van der Waals surface area contributed by atoms with Gasteiger partial charge in [0.2, 0.25) is 0 Å². The smallest absolute Gasteiger partial charge is 0.154 e. The fraction of sp³-hybridized carbons (Fsp3) is 0.214. The molecule has 0 saturated heterocycles. The lowest BCUT2D eigenvalue weighted by atomic mass is 10.1. The number of anilines is 1. The van der Waals surface area contributed by atoms with Crippen LogP contribution >= 0.6 is 0 Å². The Kier molecular flexibility index (Phi) is 2.87. The summed E-state index contributed by atoms with van der Waals surface area (Å²) in [6, 6.07) is 7.60. The van der Waals surface area contributed by atoms with Gasteiger partial charge in [0.05, 0.1) is 11.4 Å². The fourth-order valence-corrected chi connectivity index (χ4v) is 2.20. The minimum Gasteiger partial charge on any atom is -0.382 e. The zero-order valence-electron chi connectivity index (χ0n) is 10.7. The Bertz CT molecular complexity index is 702. The van der Waals surface area contributed by atoms with Gasteiger partial charge in [-0.25, -0.2) is 9.50 Å². The Balaban J connectivity index is 2.30. The van der Waals surface area contributed by atoms with Gasteiger partial charge in [-0.1, -0.05) is 13.3 Å². The first kappa shape index (κ1) is 11.6. The van der Waals surface area contributed by atoms with Crippen molar-refractivity contribution in [2.45, 2.75) is 19.8 Å². The maximum atomic E-state index is 5.78. The van der Waals surface area contributed by atoms with Gasteiger partial charge in [0.15, 0.2) is 5.65 Å². The van der Waals surface area contributed by atoms with Gasteiger partial charge in [0.25, 0.3) is 0 Å². The molecule has 96 valence electrons. The van der Waals surface area contributed by atoms with Crippen LogP contribution in [0.3, 0.4) is 0 Å². The van der Waals surface area contributed by atoms with Gasteiger partial charge in [-0.2, -0.15) is 0 Å². The molecule has 0 fully saturated rings. The average Bonchev–Trinajstić information content (AvgIpc) is 2.77. The van der Waals surface area contributed by atoms with E-state index in [0.717, 1.165) is 35.4 Å². The summed E-state index contributed by atoms with van der Waals surface area (Å²) in [5.41, 5.74) is 9.72. The van der Waals surface area contributed by atoms with Crippen LogP contribution in [0.25, 0.3) is 16.9 Å². The molecule has 0 atom stereocenters. The van der Waals surface area contributed by atoms with Gasteiger partial charge in [0, 0.05) is 18.0 Å². The number of nitrogens with two attached hydrogens (primary N) is 1. The standard InChI is InChI=1S/C14H15N5/c1-2-3-11-14(10-6-8-16-9-7-10)19-13(17-11)5-4-12(15)18-19/h4-9H,2-3H2,1H3,(H2,15,18). The maximum Gasteiger partial charge on any atom is 0.154 e. The van der Waals surface area contributed by atoms with Crippen molar-refractivity contribution in [1.82, 2.24) is 19.6 Å². The molecule has 5 nitrogen and oxygen atoms in total. The second-order valence-corrected chi connectivity index (χ2v) is 4.42. The molecule has 0 aliphatic carbocycles. The van der Waals surface area contributed by atoms with Gasteiger partial charge in [-0.05, 0) is 30.7 Å². The summed E-state index contributed by atoms with van der Waals surface area (Å²) < 4.78 is 1.82. The Labute approximate surface area is 111 Å². The Morgan fingerprint density at radius 2 is 1.95 bits per heavy atom. The molecule has 0 amide bonds. The number of aryl methyl sites for hydroxylation is 1. The van der Waals surface area contributed by atoms with Crippen molar-refractivity contribution in [2.75, 3.05) is 5.73 Å². The second-order valence-electron chi connectivity index (χ2n) is 4.42.